The highest BCUT2D eigenvalue weighted by Crippen LogP contribution is 2.36. The van der Waals surface area contributed by atoms with Gasteiger partial charge in [-0.05, 0) is 48.4 Å². The molecule has 1 heterocycles. The van der Waals surface area contributed by atoms with Crippen molar-refractivity contribution in [2.24, 2.45) is 0 Å². The fraction of sp³-hybridized carbons (Fsp3) is 0.188. The van der Waals surface area contributed by atoms with Crippen molar-refractivity contribution < 1.29 is 4.74 Å². The van der Waals surface area contributed by atoms with Crippen LogP contribution < -0.4 is 9.64 Å². The summed E-state index contributed by atoms with van der Waals surface area (Å²) in [6, 6.07) is 16.1. The molecule has 0 N–H and O–H groups in total. The fourth-order valence-corrected chi connectivity index (χ4v) is 2.52. The Kier molecular flexibility index (Phi) is 2.85. The third kappa shape index (κ3) is 2.02. The molecule has 3 heteroatoms. The van der Waals surface area contributed by atoms with Crippen molar-refractivity contribution in [1.29, 1.82) is 5.26 Å². The van der Waals surface area contributed by atoms with Crippen LogP contribution in [0.3, 0.4) is 0 Å². The van der Waals surface area contributed by atoms with Crippen molar-refractivity contribution in [2.75, 3.05) is 18.6 Å². The predicted octanol–water partition coefficient (Wildman–Crippen LogP) is 3.26. The second-order valence-corrected chi connectivity index (χ2v) is 4.56. The summed E-state index contributed by atoms with van der Waals surface area (Å²) >= 11 is 0. The molecule has 2 aromatic rings. The maximum absolute atomic E-state index is 8.98. The molecule has 19 heavy (non-hydrogen) atoms. The number of anilines is 2. The molecule has 94 valence electrons. The monoisotopic (exact) mass is 250 g/mol. The SMILES string of the molecule is COc1ccc2c(c1)CCN2c1cccc(C#N)c1. The maximum Gasteiger partial charge on any atom is 0.119 e. The number of benzene rings is 2. The molecule has 1 aliphatic heterocycles. The summed E-state index contributed by atoms with van der Waals surface area (Å²) in [7, 11) is 1.69. The minimum atomic E-state index is 0.694. The summed E-state index contributed by atoms with van der Waals surface area (Å²) in [5.41, 5.74) is 4.26. The summed E-state index contributed by atoms with van der Waals surface area (Å²) in [6.45, 7) is 0.942. The van der Waals surface area contributed by atoms with E-state index < -0.39 is 0 Å². The number of ether oxygens (including phenoxy) is 1. The van der Waals surface area contributed by atoms with Gasteiger partial charge in [-0.1, -0.05) is 6.07 Å². The molecule has 0 aromatic heterocycles. The summed E-state index contributed by atoms with van der Waals surface area (Å²) in [4.78, 5) is 2.25. The lowest BCUT2D eigenvalue weighted by molar-refractivity contribution is 0.414. The molecule has 0 saturated carbocycles. The molecule has 0 aliphatic carbocycles. The van der Waals surface area contributed by atoms with Gasteiger partial charge in [-0.2, -0.15) is 5.26 Å². The van der Waals surface area contributed by atoms with Gasteiger partial charge < -0.3 is 9.64 Å². The van der Waals surface area contributed by atoms with Crippen molar-refractivity contribution in [3.63, 3.8) is 0 Å². The quantitative estimate of drug-likeness (QED) is 0.820. The molecule has 0 saturated heterocycles. The Bertz CT molecular complexity index is 658. The first-order chi connectivity index (χ1) is 9.31. The molecule has 0 spiro atoms. The van der Waals surface area contributed by atoms with Crippen molar-refractivity contribution in [3.8, 4) is 11.8 Å². The van der Waals surface area contributed by atoms with Crippen LogP contribution in [-0.4, -0.2) is 13.7 Å². The van der Waals surface area contributed by atoms with E-state index in [2.05, 4.69) is 23.1 Å². The molecular weight excluding hydrogens is 236 g/mol. The number of nitriles is 1. The summed E-state index contributed by atoms with van der Waals surface area (Å²) < 4.78 is 5.26. The van der Waals surface area contributed by atoms with Crippen LogP contribution in [-0.2, 0) is 6.42 Å². The Morgan fingerprint density at radius 2 is 2.11 bits per heavy atom. The zero-order chi connectivity index (χ0) is 13.2. The second-order valence-electron chi connectivity index (χ2n) is 4.56. The van der Waals surface area contributed by atoms with Crippen LogP contribution in [0.2, 0.25) is 0 Å². The van der Waals surface area contributed by atoms with E-state index in [4.69, 9.17) is 10.00 Å². The highest BCUT2D eigenvalue weighted by Gasteiger charge is 2.20. The van der Waals surface area contributed by atoms with Gasteiger partial charge in [0, 0.05) is 17.9 Å². The first-order valence-corrected chi connectivity index (χ1v) is 6.26. The third-order valence-corrected chi connectivity index (χ3v) is 3.47. The molecule has 3 nitrogen and oxygen atoms in total. The minimum Gasteiger partial charge on any atom is -0.497 e. The number of hydrogen-bond acceptors (Lipinski definition) is 3. The van der Waals surface area contributed by atoms with E-state index in [-0.39, 0.29) is 0 Å². The van der Waals surface area contributed by atoms with Crippen LogP contribution in [0, 0.1) is 11.3 Å². The highest BCUT2D eigenvalue weighted by molar-refractivity contribution is 5.71. The van der Waals surface area contributed by atoms with Crippen LogP contribution in [0.1, 0.15) is 11.1 Å². The van der Waals surface area contributed by atoms with Gasteiger partial charge in [0.2, 0.25) is 0 Å². The molecule has 0 atom stereocenters. The van der Waals surface area contributed by atoms with Crippen LogP contribution >= 0.6 is 0 Å². The molecule has 1 aliphatic rings. The molecule has 3 rings (SSSR count). The third-order valence-electron chi connectivity index (χ3n) is 3.47. The largest absolute Gasteiger partial charge is 0.497 e. The Labute approximate surface area is 112 Å². The number of fused-ring (bicyclic) bond motifs is 1. The number of methoxy groups -OCH3 is 1. The number of rotatable bonds is 2. The molecule has 0 bridgehead atoms. The first-order valence-electron chi connectivity index (χ1n) is 6.26. The van der Waals surface area contributed by atoms with E-state index in [9.17, 15) is 0 Å². The standard InChI is InChI=1S/C16H14N2O/c1-19-15-5-6-16-13(10-15)7-8-18(16)14-4-2-3-12(9-14)11-17/h2-6,9-10H,7-8H2,1H3. The second kappa shape index (κ2) is 4.66. The Morgan fingerprint density at radius 1 is 1.21 bits per heavy atom. The average Bonchev–Trinajstić information content (AvgIpc) is 2.90. The summed E-state index contributed by atoms with van der Waals surface area (Å²) in [6.07, 6.45) is 1.00. The maximum atomic E-state index is 8.98. The van der Waals surface area contributed by atoms with E-state index in [1.807, 2.05) is 30.3 Å². The predicted molar refractivity (Wildman–Crippen MR) is 74.9 cm³/mol. The van der Waals surface area contributed by atoms with Crippen LogP contribution in [0.5, 0.6) is 5.75 Å². The molecular formula is C16H14N2O. The van der Waals surface area contributed by atoms with Gasteiger partial charge in [-0.15, -0.1) is 0 Å². The Balaban J connectivity index is 2.00. The molecule has 0 radical (unpaired) electrons. The van der Waals surface area contributed by atoms with E-state index in [1.165, 1.54) is 11.3 Å². The summed E-state index contributed by atoms with van der Waals surface area (Å²) in [5, 5.41) is 8.98. The fourth-order valence-electron chi connectivity index (χ4n) is 2.52. The van der Waals surface area contributed by atoms with Gasteiger partial charge in [-0.3, -0.25) is 0 Å². The molecule has 0 amide bonds. The average molecular weight is 250 g/mol. The van der Waals surface area contributed by atoms with Crippen molar-refractivity contribution >= 4 is 11.4 Å². The normalized spacial score (nSPS) is 12.9. The van der Waals surface area contributed by atoms with E-state index in [1.54, 1.807) is 7.11 Å². The van der Waals surface area contributed by atoms with Crippen LogP contribution in [0.15, 0.2) is 42.5 Å². The lowest BCUT2D eigenvalue weighted by Crippen LogP contribution is -2.13. The lowest BCUT2D eigenvalue weighted by atomic mass is 10.1. The summed E-state index contributed by atoms with van der Waals surface area (Å²) in [5.74, 6) is 0.895. The lowest BCUT2D eigenvalue weighted by Gasteiger charge is -2.19. The van der Waals surface area contributed by atoms with Gasteiger partial charge in [0.05, 0.1) is 18.7 Å². The minimum absolute atomic E-state index is 0.694. The van der Waals surface area contributed by atoms with Crippen LogP contribution in [0.25, 0.3) is 0 Å². The molecule has 2 aromatic carbocycles. The van der Waals surface area contributed by atoms with E-state index in [0.717, 1.165) is 24.4 Å². The van der Waals surface area contributed by atoms with Gasteiger partial charge in [0.25, 0.3) is 0 Å². The number of hydrogen-bond donors (Lipinski definition) is 0. The van der Waals surface area contributed by atoms with Crippen molar-refractivity contribution in [3.05, 3.63) is 53.6 Å². The number of nitrogens with zero attached hydrogens (tertiary/aromatic N) is 2. The topological polar surface area (TPSA) is 36.3 Å². The zero-order valence-corrected chi connectivity index (χ0v) is 10.8. The van der Waals surface area contributed by atoms with Gasteiger partial charge in [0.15, 0.2) is 0 Å². The van der Waals surface area contributed by atoms with Crippen molar-refractivity contribution in [2.45, 2.75) is 6.42 Å². The first kappa shape index (κ1) is 11.6. The van der Waals surface area contributed by atoms with E-state index in [0.29, 0.717) is 5.56 Å². The Hall–Kier alpha value is -2.47. The molecule has 0 unspecified atom stereocenters. The van der Waals surface area contributed by atoms with Crippen LogP contribution in [0.4, 0.5) is 11.4 Å². The zero-order valence-electron chi connectivity index (χ0n) is 10.8. The van der Waals surface area contributed by atoms with Gasteiger partial charge >= 0.3 is 0 Å². The van der Waals surface area contributed by atoms with Crippen molar-refractivity contribution in [1.82, 2.24) is 0 Å². The van der Waals surface area contributed by atoms with Gasteiger partial charge in [0.1, 0.15) is 5.75 Å². The highest BCUT2D eigenvalue weighted by atomic mass is 16.5. The smallest absolute Gasteiger partial charge is 0.119 e. The van der Waals surface area contributed by atoms with Gasteiger partial charge in [-0.25, -0.2) is 0 Å². The van der Waals surface area contributed by atoms with E-state index >= 15 is 0 Å². The molecule has 0 fully saturated rings. The Morgan fingerprint density at radius 3 is 2.89 bits per heavy atom.